The first-order chi connectivity index (χ1) is 10.2. The molecule has 0 spiro atoms. The number of rotatable bonds is 4. The van der Waals surface area contributed by atoms with E-state index in [1.54, 1.807) is 0 Å². The van der Waals surface area contributed by atoms with Crippen molar-refractivity contribution in [3.05, 3.63) is 46.6 Å². The number of aromatic nitrogens is 2. The van der Waals surface area contributed by atoms with Crippen molar-refractivity contribution in [3.63, 3.8) is 0 Å². The summed E-state index contributed by atoms with van der Waals surface area (Å²) in [5, 5.41) is 8.29. The molecule has 5 heteroatoms. The number of nitrogens with one attached hydrogen (secondary N) is 1. The van der Waals surface area contributed by atoms with Gasteiger partial charge in [-0.25, -0.2) is 0 Å². The second-order valence-electron chi connectivity index (χ2n) is 5.67. The van der Waals surface area contributed by atoms with Gasteiger partial charge in [-0.05, 0) is 44.0 Å². The van der Waals surface area contributed by atoms with Gasteiger partial charge >= 0.3 is 0 Å². The SMILES string of the molecule is CCC1(c2nc(Cc3ccccc3Cl)no2)CCNCC1. The molecular formula is C16H20ClN3O. The standard InChI is InChI=1S/C16H20ClN3O/c1-2-16(7-9-18-10-8-16)15-19-14(20-21-15)11-12-5-3-4-6-13(12)17/h3-6,18H,2,7-11H2,1H3. The third-order valence-electron chi connectivity index (χ3n) is 4.47. The van der Waals surface area contributed by atoms with E-state index in [0.29, 0.717) is 12.2 Å². The fraction of sp³-hybridized carbons (Fsp3) is 0.500. The lowest BCUT2D eigenvalue weighted by Crippen LogP contribution is -2.39. The molecule has 21 heavy (non-hydrogen) atoms. The van der Waals surface area contributed by atoms with Gasteiger partial charge in [-0.2, -0.15) is 4.98 Å². The van der Waals surface area contributed by atoms with Crippen LogP contribution in [0, 0.1) is 0 Å². The maximum absolute atomic E-state index is 6.19. The predicted octanol–water partition coefficient (Wildman–Crippen LogP) is 3.35. The third kappa shape index (κ3) is 2.97. The van der Waals surface area contributed by atoms with Crippen LogP contribution >= 0.6 is 11.6 Å². The van der Waals surface area contributed by atoms with E-state index >= 15 is 0 Å². The molecule has 0 aliphatic carbocycles. The van der Waals surface area contributed by atoms with Crippen molar-refractivity contribution < 1.29 is 4.52 Å². The zero-order chi connectivity index (χ0) is 14.7. The Bertz CT molecular complexity index is 605. The van der Waals surface area contributed by atoms with E-state index in [1.807, 2.05) is 24.3 Å². The summed E-state index contributed by atoms with van der Waals surface area (Å²) in [6.07, 6.45) is 3.75. The van der Waals surface area contributed by atoms with E-state index in [-0.39, 0.29) is 5.41 Å². The summed E-state index contributed by atoms with van der Waals surface area (Å²) in [7, 11) is 0. The molecule has 0 amide bonds. The molecule has 1 aromatic heterocycles. The van der Waals surface area contributed by atoms with Gasteiger partial charge in [0.25, 0.3) is 0 Å². The van der Waals surface area contributed by atoms with Crippen molar-refractivity contribution in [2.75, 3.05) is 13.1 Å². The Kier molecular flexibility index (Phi) is 4.27. The summed E-state index contributed by atoms with van der Waals surface area (Å²) in [5.41, 5.74) is 1.07. The Morgan fingerprint density at radius 1 is 1.29 bits per heavy atom. The van der Waals surface area contributed by atoms with Crippen molar-refractivity contribution >= 4 is 11.6 Å². The minimum atomic E-state index is 0.0387. The normalized spacial score (nSPS) is 17.8. The van der Waals surface area contributed by atoms with E-state index in [2.05, 4.69) is 22.4 Å². The molecule has 2 heterocycles. The van der Waals surface area contributed by atoms with E-state index < -0.39 is 0 Å². The molecule has 112 valence electrons. The lowest BCUT2D eigenvalue weighted by Gasteiger charge is -2.33. The zero-order valence-corrected chi connectivity index (χ0v) is 13.0. The van der Waals surface area contributed by atoms with E-state index in [1.165, 1.54) is 0 Å². The van der Waals surface area contributed by atoms with E-state index in [9.17, 15) is 0 Å². The van der Waals surface area contributed by atoms with Gasteiger partial charge in [0.1, 0.15) is 0 Å². The third-order valence-corrected chi connectivity index (χ3v) is 4.83. The number of nitrogens with zero attached hydrogens (tertiary/aromatic N) is 2. The number of hydrogen-bond acceptors (Lipinski definition) is 4. The molecule has 0 saturated carbocycles. The van der Waals surface area contributed by atoms with Gasteiger partial charge in [0, 0.05) is 11.4 Å². The average molecular weight is 306 g/mol. The Morgan fingerprint density at radius 3 is 2.76 bits per heavy atom. The fourth-order valence-corrected chi connectivity index (χ4v) is 3.18. The quantitative estimate of drug-likeness (QED) is 0.941. The zero-order valence-electron chi connectivity index (χ0n) is 12.2. The Balaban J connectivity index is 1.81. The van der Waals surface area contributed by atoms with E-state index in [0.717, 1.165) is 48.8 Å². The van der Waals surface area contributed by atoms with Crippen LogP contribution in [0.25, 0.3) is 0 Å². The van der Waals surface area contributed by atoms with Crippen LogP contribution in [0.15, 0.2) is 28.8 Å². The first-order valence-corrected chi connectivity index (χ1v) is 7.88. The number of hydrogen-bond donors (Lipinski definition) is 1. The van der Waals surface area contributed by atoms with Gasteiger partial charge < -0.3 is 9.84 Å². The monoisotopic (exact) mass is 305 g/mol. The molecule has 1 saturated heterocycles. The molecule has 1 N–H and O–H groups in total. The molecule has 0 unspecified atom stereocenters. The highest BCUT2D eigenvalue weighted by atomic mass is 35.5. The summed E-state index contributed by atoms with van der Waals surface area (Å²) in [6, 6.07) is 7.79. The lowest BCUT2D eigenvalue weighted by molar-refractivity contribution is 0.216. The van der Waals surface area contributed by atoms with Crippen molar-refractivity contribution in [1.82, 2.24) is 15.5 Å². The number of piperidine rings is 1. The summed E-state index contributed by atoms with van der Waals surface area (Å²) in [4.78, 5) is 4.65. The number of benzene rings is 1. The lowest BCUT2D eigenvalue weighted by atomic mass is 9.76. The molecule has 1 aliphatic rings. The van der Waals surface area contributed by atoms with Crippen molar-refractivity contribution in [3.8, 4) is 0 Å². The molecule has 0 radical (unpaired) electrons. The van der Waals surface area contributed by atoms with Crippen LogP contribution < -0.4 is 5.32 Å². The highest BCUT2D eigenvalue weighted by Gasteiger charge is 2.37. The van der Waals surface area contributed by atoms with Gasteiger partial charge in [0.2, 0.25) is 5.89 Å². The van der Waals surface area contributed by atoms with Crippen LogP contribution in [0.4, 0.5) is 0 Å². The second-order valence-corrected chi connectivity index (χ2v) is 6.08. The molecule has 4 nitrogen and oxygen atoms in total. The largest absolute Gasteiger partial charge is 0.339 e. The van der Waals surface area contributed by atoms with Gasteiger partial charge in [0.05, 0.1) is 5.41 Å². The molecular weight excluding hydrogens is 286 g/mol. The summed E-state index contributed by atoms with van der Waals surface area (Å²) in [5.74, 6) is 1.50. The van der Waals surface area contributed by atoms with Gasteiger partial charge in [-0.1, -0.05) is 41.9 Å². The molecule has 3 rings (SSSR count). The fourth-order valence-electron chi connectivity index (χ4n) is 2.98. The summed E-state index contributed by atoms with van der Waals surface area (Å²) >= 11 is 6.19. The predicted molar refractivity (Wildman–Crippen MR) is 82.6 cm³/mol. The maximum atomic E-state index is 6.19. The molecule has 0 bridgehead atoms. The highest BCUT2D eigenvalue weighted by Crippen LogP contribution is 2.35. The Morgan fingerprint density at radius 2 is 2.05 bits per heavy atom. The van der Waals surface area contributed by atoms with Crippen LogP contribution in [0.2, 0.25) is 5.02 Å². The van der Waals surface area contributed by atoms with Gasteiger partial charge in [0.15, 0.2) is 5.82 Å². The molecule has 1 aliphatic heterocycles. The summed E-state index contributed by atoms with van der Waals surface area (Å²) in [6.45, 7) is 4.22. The first kappa shape index (κ1) is 14.5. The van der Waals surface area contributed by atoms with Gasteiger partial charge in [-0.15, -0.1) is 0 Å². The van der Waals surface area contributed by atoms with Crippen LogP contribution in [0.3, 0.4) is 0 Å². The smallest absolute Gasteiger partial charge is 0.232 e. The maximum Gasteiger partial charge on any atom is 0.232 e. The molecule has 1 aromatic carbocycles. The highest BCUT2D eigenvalue weighted by molar-refractivity contribution is 6.31. The molecule has 1 fully saturated rings. The minimum Gasteiger partial charge on any atom is -0.339 e. The van der Waals surface area contributed by atoms with Crippen LogP contribution in [-0.2, 0) is 11.8 Å². The number of halogens is 1. The summed E-state index contributed by atoms with van der Waals surface area (Å²) < 4.78 is 5.58. The first-order valence-electron chi connectivity index (χ1n) is 7.51. The van der Waals surface area contributed by atoms with Crippen LogP contribution in [0.1, 0.15) is 43.5 Å². The molecule has 2 aromatic rings. The topological polar surface area (TPSA) is 51.0 Å². The Labute approximate surface area is 129 Å². The van der Waals surface area contributed by atoms with E-state index in [4.69, 9.17) is 16.1 Å². The van der Waals surface area contributed by atoms with Gasteiger partial charge in [-0.3, -0.25) is 0 Å². The van der Waals surface area contributed by atoms with Crippen molar-refractivity contribution in [2.24, 2.45) is 0 Å². The average Bonchev–Trinajstić information content (AvgIpc) is 2.99. The van der Waals surface area contributed by atoms with Crippen LogP contribution in [0.5, 0.6) is 0 Å². The van der Waals surface area contributed by atoms with Crippen molar-refractivity contribution in [2.45, 2.75) is 38.0 Å². The second kappa shape index (κ2) is 6.16. The Hall–Kier alpha value is -1.39. The van der Waals surface area contributed by atoms with Crippen LogP contribution in [-0.4, -0.2) is 23.2 Å². The van der Waals surface area contributed by atoms with Crippen molar-refractivity contribution in [1.29, 1.82) is 0 Å². The minimum absolute atomic E-state index is 0.0387. The molecule has 0 atom stereocenters.